The van der Waals surface area contributed by atoms with Gasteiger partial charge in [-0.3, -0.25) is 14.7 Å². The van der Waals surface area contributed by atoms with E-state index in [0.717, 1.165) is 16.8 Å². The Labute approximate surface area is 211 Å². The largest absolute Gasteiger partial charge is 0.378 e. The van der Waals surface area contributed by atoms with Crippen molar-refractivity contribution < 1.29 is 14.0 Å². The van der Waals surface area contributed by atoms with Crippen LogP contribution in [0.1, 0.15) is 16.9 Å². The summed E-state index contributed by atoms with van der Waals surface area (Å²) in [5.74, 6) is -0.728. The summed E-state index contributed by atoms with van der Waals surface area (Å²) in [6.07, 6.45) is 0. The highest BCUT2D eigenvalue weighted by atomic mass is 31.2. The molecule has 0 amide bonds. The van der Waals surface area contributed by atoms with E-state index in [2.05, 4.69) is 5.32 Å². The first-order valence-corrected chi connectivity index (χ1v) is 13.2. The van der Waals surface area contributed by atoms with Gasteiger partial charge in [-0.2, -0.15) is 0 Å². The first kappa shape index (κ1) is 25.2. The van der Waals surface area contributed by atoms with Gasteiger partial charge in [0.25, 0.3) is 13.1 Å². The van der Waals surface area contributed by atoms with Crippen LogP contribution in [0.3, 0.4) is 0 Å². The molecule has 184 valence electrons. The van der Waals surface area contributed by atoms with Crippen molar-refractivity contribution in [1.82, 2.24) is 0 Å². The second-order valence-corrected chi connectivity index (χ2v) is 11.0. The lowest BCUT2D eigenvalue weighted by Crippen LogP contribution is -2.21. The number of benzene rings is 4. The molecule has 0 aromatic heterocycles. The second-order valence-electron chi connectivity index (χ2n) is 8.53. The van der Waals surface area contributed by atoms with E-state index in [-0.39, 0.29) is 12.3 Å². The van der Waals surface area contributed by atoms with Gasteiger partial charge in [0.1, 0.15) is 5.78 Å². The predicted octanol–water partition coefficient (Wildman–Crippen LogP) is 6.59. The monoisotopic (exact) mass is 501 g/mol. The minimum absolute atomic E-state index is 0.0143. The molecule has 0 fully saturated rings. The fourth-order valence-corrected chi connectivity index (χ4v) is 6.22. The Bertz CT molecular complexity index is 1330. The molecule has 1 N–H and O–H groups in total. The molecule has 0 saturated carbocycles. The molecule has 0 radical (unpaired) electrons. The molecule has 0 spiro atoms. The van der Waals surface area contributed by atoms with Crippen LogP contribution in [-0.4, -0.2) is 19.0 Å². The number of nitrogens with zero attached hydrogens (tertiary/aromatic N) is 2. The van der Waals surface area contributed by atoms with Crippen LogP contribution >= 0.6 is 7.37 Å². The van der Waals surface area contributed by atoms with Gasteiger partial charge in [0.15, 0.2) is 0 Å². The summed E-state index contributed by atoms with van der Waals surface area (Å²) in [5.41, 5.74) is 3.25. The minimum Gasteiger partial charge on any atom is -0.378 e. The van der Waals surface area contributed by atoms with Gasteiger partial charge in [0, 0.05) is 42.9 Å². The summed E-state index contributed by atoms with van der Waals surface area (Å²) in [6.45, 7) is 0.166. The van der Waals surface area contributed by atoms with Crippen LogP contribution in [0.4, 0.5) is 17.1 Å². The molecule has 0 aliphatic heterocycles. The van der Waals surface area contributed by atoms with Gasteiger partial charge in [-0.05, 0) is 47.5 Å². The Morgan fingerprint density at radius 2 is 1.44 bits per heavy atom. The number of nitrogens with one attached hydrogen (secondary N) is 1. The average molecular weight is 502 g/mol. The van der Waals surface area contributed by atoms with Crippen molar-refractivity contribution in [2.75, 3.05) is 24.3 Å². The number of anilines is 2. The molecule has 8 heteroatoms. The predicted molar refractivity (Wildman–Crippen MR) is 145 cm³/mol. The van der Waals surface area contributed by atoms with Gasteiger partial charge in [-0.15, -0.1) is 0 Å². The fourth-order valence-electron chi connectivity index (χ4n) is 3.84. The summed E-state index contributed by atoms with van der Waals surface area (Å²) in [5, 5.41) is 15.0. The number of nitro benzene ring substituents is 1. The molecule has 0 saturated heterocycles. The van der Waals surface area contributed by atoms with E-state index in [0.29, 0.717) is 11.0 Å². The van der Waals surface area contributed by atoms with Crippen molar-refractivity contribution in [1.29, 1.82) is 0 Å². The minimum atomic E-state index is -3.58. The topological polar surface area (TPSA) is 84.7 Å². The molecule has 4 aromatic rings. The third-order valence-electron chi connectivity index (χ3n) is 5.83. The Morgan fingerprint density at radius 3 is 2.00 bits per heavy atom. The lowest BCUT2D eigenvalue weighted by molar-refractivity contribution is -0.384. The molecular formula is C28H28N3O4P. The van der Waals surface area contributed by atoms with E-state index in [1.807, 2.05) is 104 Å². The van der Waals surface area contributed by atoms with Gasteiger partial charge in [0.2, 0.25) is 0 Å². The summed E-state index contributed by atoms with van der Waals surface area (Å²) >= 11 is 0. The van der Waals surface area contributed by atoms with Gasteiger partial charge >= 0.3 is 0 Å². The van der Waals surface area contributed by atoms with Crippen LogP contribution in [0.2, 0.25) is 0 Å². The molecule has 2 atom stereocenters. The molecule has 36 heavy (non-hydrogen) atoms. The molecule has 0 aliphatic carbocycles. The Kier molecular flexibility index (Phi) is 7.84. The van der Waals surface area contributed by atoms with Gasteiger partial charge in [0.05, 0.1) is 11.5 Å². The lowest BCUT2D eigenvalue weighted by Gasteiger charge is -2.30. The SMILES string of the molecule is CN(C)c1ccc(P(=O)(OCc2ccccc2)C(Nc2ccc([N+](=O)[O-])cc2)c2ccccc2)cc1. The zero-order valence-electron chi connectivity index (χ0n) is 20.2. The third-order valence-corrected chi connectivity index (χ3v) is 8.47. The highest BCUT2D eigenvalue weighted by molar-refractivity contribution is 7.67. The van der Waals surface area contributed by atoms with Crippen LogP contribution in [-0.2, 0) is 15.7 Å². The zero-order chi connectivity index (χ0) is 25.5. The number of non-ortho nitro benzene ring substituents is 1. The smallest absolute Gasteiger partial charge is 0.269 e. The maximum absolute atomic E-state index is 14.9. The molecule has 4 aromatic carbocycles. The van der Waals surface area contributed by atoms with E-state index in [1.165, 1.54) is 12.1 Å². The summed E-state index contributed by atoms with van der Waals surface area (Å²) in [6, 6.07) is 32.7. The van der Waals surface area contributed by atoms with Crippen LogP contribution in [0, 0.1) is 10.1 Å². The number of hydrogen-bond donors (Lipinski definition) is 1. The highest BCUT2D eigenvalue weighted by Crippen LogP contribution is 2.59. The summed E-state index contributed by atoms with van der Waals surface area (Å²) < 4.78 is 21.3. The maximum Gasteiger partial charge on any atom is 0.269 e. The van der Waals surface area contributed by atoms with Crippen LogP contribution in [0.15, 0.2) is 109 Å². The van der Waals surface area contributed by atoms with E-state index in [9.17, 15) is 14.7 Å². The van der Waals surface area contributed by atoms with Gasteiger partial charge in [-0.1, -0.05) is 60.7 Å². The second kappa shape index (κ2) is 11.2. The van der Waals surface area contributed by atoms with Crippen LogP contribution < -0.4 is 15.5 Å². The van der Waals surface area contributed by atoms with E-state index in [1.54, 1.807) is 12.1 Å². The molecular weight excluding hydrogens is 473 g/mol. The number of nitro groups is 1. The molecule has 2 unspecified atom stereocenters. The van der Waals surface area contributed by atoms with Crippen LogP contribution in [0.25, 0.3) is 0 Å². The summed E-state index contributed by atoms with van der Waals surface area (Å²) in [7, 11) is 0.316. The first-order valence-electron chi connectivity index (χ1n) is 11.5. The number of rotatable bonds is 10. The lowest BCUT2D eigenvalue weighted by atomic mass is 10.2. The summed E-state index contributed by atoms with van der Waals surface area (Å²) in [4.78, 5) is 12.6. The first-order chi connectivity index (χ1) is 17.4. The number of hydrogen-bond acceptors (Lipinski definition) is 6. The van der Waals surface area contributed by atoms with Crippen molar-refractivity contribution in [3.63, 3.8) is 0 Å². The van der Waals surface area contributed by atoms with E-state index >= 15 is 0 Å². The highest BCUT2D eigenvalue weighted by Gasteiger charge is 2.38. The van der Waals surface area contributed by atoms with E-state index in [4.69, 9.17) is 4.52 Å². The van der Waals surface area contributed by atoms with E-state index < -0.39 is 18.1 Å². The van der Waals surface area contributed by atoms with Crippen molar-refractivity contribution in [2.45, 2.75) is 12.4 Å². The maximum atomic E-state index is 14.9. The zero-order valence-corrected chi connectivity index (χ0v) is 21.0. The van der Waals surface area contributed by atoms with Crippen molar-refractivity contribution >= 4 is 29.7 Å². The average Bonchev–Trinajstić information content (AvgIpc) is 2.92. The molecule has 4 rings (SSSR count). The Morgan fingerprint density at radius 1 is 0.861 bits per heavy atom. The molecule has 0 heterocycles. The molecule has 0 bridgehead atoms. The van der Waals surface area contributed by atoms with Gasteiger partial charge in [-0.25, -0.2) is 0 Å². The Balaban J connectivity index is 1.78. The Hall–Kier alpha value is -3.93. The third kappa shape index (κ3) is 5.82. The normalized spacial score (nSPS) is 13.4. The molecule has 7 nitrogen and oxygen atoms in total. The standard InChI is InChI=1S/C28H28N3O4P/c1-30(2)25-17-19-27(20-18-25)36(34,35-21-22-9-5-3-6-10-22)28(23-11-7-4-8-12-23)29-24-13-15-26(16-14-24)31(32)33/h3-20,28-29H,21H2,1-2H3. The molecule has 0 aliphatic rings. The fraction of sp³-hybridized carbons (Fsp3) is 0.143. The van der Waals surface area contributed by atoms with Crippen LogP contribution in [0.5, 0.6) is 0 Å². The van der Waals surface area contributed by atoms with Crippen molar-refractivity contribution in [2.24, 2.45) is 0 Å². The van der Waals surface area contributed by atoms with Gasteiger partial charge < -0.3 is 14.7 Å². The van der Waals surface area contributed by atoms with Crippen molar-refractivity contribution in [3.05, 3.63) is 130 Å². The van der Waals surface area contributed by atoms with Crippen molar-refractivity contribution in [3.8, 4) is 0 Å². The quantitative estimate of drug-likeness (QED) is 0.150.